The Labute approximate surface area is 189 Å². The molecule has 1 aromatic rings. The standard InChI is InChI=1S/C22H28O11/c23-11-3-1-10(2-4-11)19(27)30-8-14-16(24)17(25)18(26)21(33-14)32-13-7-22(28)9-31-20-15(22)12(13)5-6-29-20/h1-4,12-18,20-21,23-26,28H,5-9H2. The Morgan fingerprint density at radius 3 is 2.61 bits per heavy atom. The lowest BCUT2D eigenvalue weighted by Gasteiger charge is -2.42. The summed E-state index contributed by atoms with van der Waals surface area (Å²) in [4.78, 5) is 12.2. The zero-order valence-electron chi connectivity index (χ0n) is 17.7. The quantitative estimate of drug-likeness (QED) is 0.333. The maximum Gasteiger partial charge on any atom is 0.338 e. The van der Waals surface area contributed by atoms with E-state index < -0.39 is 61.3 Å². The van der Waals surface area contributed by atoms with E-state index >= 15 is 0 Å². The number of carbonyl (C=O) groups is 1. The summed E-state index contributed by atoms with van der Waals surface area (Å²) in [6, 6.07) is 5.44. The Hall–Kier alpha value is -1.83. The number of ether oxygens (including phenoxy) is 5. The highest BCUT2D eigenvalue weighted by Crippen LogP contribution is 2.52. The van der Waals surface area contributed by atoms with Crippen molar-refractivity contribution in [3.05, 3.63) is 29.8 Å². The van der Waals surface area contributed by atoms with Crippen LogP contribution in [0.15, 0.2) is 24.3 Å². The summed E-state index contributed by atoms with van der Waals surface area (Å²) >= 11 is 0. The topological polar surface area (TPSA) is 164 Å². The number of aliphatic hydroxyl groups excluding tert-OH is 3. The third-order valence-electron chi connectivity index (χ3n) is 7.10. The van der Waals surface area contributed by atoms with Gasteiger partial charge < -0.3 is 49.2 Å². The van der Waals surface area contributed by atoms with Crippen LogP contribution >= 0.6 is 0 Å². The molecule has 3 aliphatic heterocycles. The average molecular weight is 468 g/mol. The van der Waals surface area contributed by atoms with Crippen molar-refractivity contribution in [2.24, 2.45) is 11.8 Å². The summed E-state index contributed by atoms with van der Waals surface area (Å²) in [7, 11) is 0. The van der Waals surface area contributed by atoms with E-state index in [1.807, 2.05) is 0 Å². The Morgan fingerprint density at radius 1 is 1.09 bits per heavy atom. The number of aromatic hydroxyl groups is 1. The minimum absolute atomic E-state index is 0.00203. The first-order valence-electron chi connectivity index (χ1n) is 11.0. The number of rotatable bonds is 5. The minimum Gasteiger partial charge on any atom is -0.508 e. The van der Waals surface area contributed by atoms with Gasteiger partial charge in [0.05, 0.1) is 30.5 Å². The van der Waals surface area contributed by atoms with Gasteiger partial charge in [-0.15, -0.1) is 0 Å². The fraction of sp³-hybridized carbons (Fsp3) is 0.682. The lowest BCUT2D eigenvalue weighted by molar-refractivity contribution is -0.316. The molecule has 5 rings (SSSR count). The van der Waals surface area contributed by atoms with Crippen molar-refractivity contribution in [1.82, 2.24) is 0 Å². The second kappa shape index (κ2) is 8.75. The highest BCUT2D eigenvalue weighted by atomic mass is 16.7. The summed E-state index contributed by atoms with van der Waals surface area (Å²) in [5.41, 5.74) is -0.912. The molecule has 11 nitrogen and oxygen atoms in total. The highest BCUT2D eigenvalue weighted by Gasteiger charge is 2.63. The number of hydrogen-bond donors (Lipinski definition) is 5. The van der Waals surface area contributed by atoms with E-state index in [-0.39, 0.29) is 36.2 Å². The van der Waals surface area contributed by atoms with Gasteiger partial charge in [-0.05, 0) is 36.6 Å². The summed E-state index contributed by atoms with van der Waals surface area (Å²) in [5.74, 6) is -1.04. The van der Waals surface area contributed by atoms with Crippen LogP contribution in [0.5, 0.6) is 5.75 Å². The Bertz CT molecular complexity index is 862. The molecular formula is C22H28O11. The zero-order valence-corrected chi connectivity index (χ0v) is 17.7. The van der Waals surface area contributed by atoms with Crippen LogP contribution in [0.4, 0.5) is 0 Å². The van der Waals surface area contributed by atoms with Gasteiger partial charge in [0.1, 0.15) is 36.8 Å². The number of benzene rings is 1. The first-order valence-corrected chi connectivity index (χ1v) is 11.0. The lowest BCUT2D eigenvalue weighted by atomic mass is 9.84. The maximum atomic E-state index is 12.2. The predicted molar refractivity (Wildman–Crippen MR) is 107 cm³/mol. The van der Waals surface area contributed by atoms with E-state index in [1.54, 1.807) is 0 Å². The number of carbonyl (C=O) groups excluding carboxylic acids is 1. The van der Waals surface area contributed by atoms with Crippen molar-refractivity contribution in [2.45, 2.75) is 61.5 Å². The number of esters is 1. The molecule has 0 spiro atoms. The Kier molecular flexibility index (Phi) is 6.08. The molecule has 0 bridgehead atoms. The third kappa shape index (κ3) is 4.13. The van der Waals surface area contributed by atoms with Crippen molar-refractivity contribution >= 4 is 5.97 Å². The van der Waals surface area contributed by atoms with Crippen LogP contribution in [0.25, 0.3) is 0 Å². The molecule has 4 fully saturated rings. The first kappa shape index (κ1) is 22.9. The van der Waals surface area contributed by atoms with Crippen LogP contribution in [0.1, 0.15) is 23.2 Å². The second-order valence-corrected chi connectivity index (χ2v) is 9.17. The molecule has 1 aliphatic carbocycles. The molecule has 3 saturated heterocycles. The van der Waals surface area contributed by atoms with Gasteiger partial charge in [0.25, 0.3) is 0 Å². The van der Waals surface area contributed by atoms with Gasteiger partial charge in [0.15, 0.2) is 12.6 Å². The average Bonchev–Trinajstić information content (AvgIpc) is 3.29. The number of phenols is 1. The van der Waals surface area contributed by atoms with Gasteiger partial charge in [-0.1, -0.05) is 0 Å². The Morgan fingerprint density at radius 2 is 1.85 bits per heavy atom. The van der Waals surface area contributed by atoms with Crippen LogP contribution in [0.2, 0.25) is 0 Å². The second-order valence-electron chi connectivity index (χ2n) is 9.17. The molecule has 11 heteroatoms. The van der Waals surface area contributed by atoms with Gasteiger partial charge in [-0.3, -0.25) is 0 Å². The van der Waals surface area contributed by atoms with Crippen molar-refractivity contribution in [1.29, 1.82) is 0 Å². The highest BCUT2D eigenvalue weighted by molar-refractivity contribution is 5.89. The molecule has 33 heavy (non-hydrogen) atoms. The monoisotopic (exact) mass is 468 g/mol. The van der Waals surface area contributed by atoms with Gasteiger partial charge in [0.2, 0.25) is 0 Å². The van der Waals surface area contributed by atoms with Crippen LogP contribution in [-0.2, 0) is 23.7 Å². The van der Waals surface area contributed by atoms with E-state index in [4.69, 9.17) is 23.7 Å². The molecule has 1 saturated carbocycles. The molecule has 0 aromatic heterocycles. The van der Waals surface area contributed by atoms with Crippen molar-refractivity contribution in [2.75, 3.05) is 19.8 Å². The normalized spacial score (nSPS) is 44.4. The van der Waals surface area contributed by atoms with Gasteiger partial charge in [0, 0.05) is 12.3 Å². The fourth-order valence-corrected chi connectivity index (χ4v) is 5.37. The molecular weight excluding hydrogens is 440 g/mol. The molecule has 10 atom stereocenters. The molecule has 4 aliphatic rings. The summed E-state index contributed by atoms with van der Waals surface area (Å²) in [5, 5.41) is 51.4. The summed E-state index contributed by atoms with van der Waals surface area (Å²) < 4.78 is 28.1. The van der Waals surface area contributed by atoms with Crippen molar-refractivity contribution < 1.29 is 54.0 Å². The number of aliphatic hydroxyl groups is 4. The molecule has 182 valence electrons. The largest absolute Gasteiger partial charge is 0.508 e. The molecule has 5 N–H and O–H groups in total. The fourth-order valence-electron chi connectivity index (χ4n) is 5.37. The number of hydrogen-bond acceptors (Lipinski definition) is 11. The van der Waals surface area contributed by atoms with Gasteiger partial charge in [-0.2, -0.15) is 0 Å². The zero-order chi connectivity index (χ0) is 23.3. The van der Waals surface area contributed by atoms with E-state index in [2.05, 4.69) is 0 Å². The van der Waals surface area contributed by atoms with Crippen LogP contribution < -0.4 is 0 Å². The van der Waals surface area contributed by atoms with E-state index in [0.717, 1.165) is 0 Å². The van der Waals surface area contributed by atoms with Crippen molar-refractivity contribution in [3.8, 4) is 5.75 Å². The predicted octanol–water partition coefficient (Wildman–Crippen LogP) is -1.11. The van der Waals surface area contributed by atoms with E-state index in [1.165, 1.54) is 24.3 Å². The Balaban J connectivity index is 1.24. The molecule has 0 radical (unpaired) electrons. The van der Waals surface area contributed by atoms with E-state index in [9.17, 15) is 30.3 Å². The van der Waals surface area contributed by atoms with Crippen molar-refractivity contribution in [3.63, 3.8) is 0 Å². The van der Waals surface area contributed by atoms with Gasteiger partial charge >= 0.3 is 5.97 Å². The third-order valence-corrected chi connectivity index (χ3v) is 7.10. The molecule has 1 aromatic carbocycles. The number of phenolic OH excluding ortho intramolecular Hbond substituents is 1. The lowest BCUT2D eigenvalue weighted by Crippen LogP contribution is -2.60. The summed E-state index contributed by atoms with van der Waals surface area (Å²) in [6.07, 6.45) is -7.16. The smallest absolute Gasteiger partial charge is 0.338 e. The molecule has 10 unspecified atom stereocenters. The van der Waals surface area contributed by atoms with Crippen LogP contribution in [-0.4, -0.2) is 100 Å². The van der Waals surface area contributed by atoms with E-state index in [0.29, 0.717) is 13.0 Å². The van der Waals surface area contributed by atoms with Gasteiger partial charge in [-0.25, -0.2) is 4.79 Å². The summed E-state index contributed by atoms with van der Waals surface area (Å²) in [6.45, 7) is 0.186. The first-order chi connectivity index (χ1) is 15.8. The molecule has 3 heterocycles. The maximum absolute atomic E-state index is 12.2. The minimum atomic E-state index is -1.59. The van der Waals surface area contributed by atoms with Crippen LogP contribution in [0.3, 0.4) is 0 Å². The SMILES string of the molecule is O=C(OCC1OC(OC2CC3(O)COC4OCCC2C43)C(O)C(O)C1O)c1ccc(O)cc1. The molecule has 0 amide bonds. The van der Waals surface area contributed by atoms with Crippen LogP contribution in [0, 0.1) is 11.8 Å².